The SMILES string of the molecule is COc1cccc2c(N=NC(=O)c3ccc([N+](=O)[O-])cc3)c(O)[nH]c12. The number of hydrogen-bond donors (Lipinski definition) is 2. The van der Waals surface area contributed by atoms with Gasteiger partial charge in [-0.3, -0.25) is 14.9 Å². The minimum absolute atomic E-state index is 0.101. The van der Waals surface area contributed by atoms with Gasteiger partial charge in [0.05, 0.1) is 17.5 Å². The van der Waals surface area contributed by atoms with Crippen LogP contribution in [0, 0.1) is 10.1 Å². The molecule has 0 saturated heterocycles. The van der Waals surface area contributed by atoms with Crippen molar-refractivity contribution >= 4 is 28.2 Å². The zero-order valence-corrected chi connectivity index (χ0v) is 13.0. The lowest BCUT2D eigenvalue weighted by molar-refractivity contribution is -0.384. The van der Waals surface area contributed by atoms with Gasteiger partial charge in [-0.25, -0.2) is 0 Å². The Morgan fingerprint density at radius 2 is 1.96 bits per heavy atom. The molecule has 0 radical (unpaired) electrons. The van der Waals surface area contributed by atoms with E-state index in [1.807, 2.05) is 0 Å². The van der Waals surface area contributed by atoms with E-state index < -0.39 is 10.8 Å². The number of fused-ring (bicyclic) bond motifs is 1. The molecule has 25 heavy (non-hydrogen) atoms. The molecule has 0 atom stereocenters. The molecule has 2 N–H and O–H groups in total. The molecule has 0 saturated carbocycles. The number of carbonyl (C=O) groups excluding carboxylic acids is 1. The summed E-state index contributed by atoms with van der Waals surface area (Å²) in [4.78, 5) is 24.8. The third-order valence-corrected chi connectivity index (χ3v) is 3.53. The van der Waals surface area contributed by atoms with Crippen molar-refractivity contribution in [2.24, 2.45) is 10.2 Å². The first-order valence-corrected chi connectivity index (χ1v) is 7.09. The number of benzene rings is 2. The average Bonchev–Trinajstić information content (AvgIpc) is 2.95. The number of nitro groups is 1. The number of nitrogens with zero attached hydrogens (tertiary/aromatic N) is 3. The zero-order valence-electron chi connectivity index (χ0n) is 13.0. The summed E-state index contributed by atoms with van der Waals surface area (Å²) in [6, 6.07) is 10.1. The predicted molar refractivity (Wildman–Crippen MR) is 88.5 cm³/mol. The van der Waals surface area contributed by atoms with E-state index in [2.05, 4.69) is 15.2 Å². The molecule has 126 valence electrons. The normalized spacial score (nSPS) is 11.1. The van der Waals surface area contributed by atoms with Gasteiger partial charge in [0.2, 0.25) is 5.88 Å². The van der Waals surface area contributed by atoms with Crippen LogP contribution >= 0.6 is 0 Å². The van der Waals surface area contributed by atoms with Gasteiger partial charge in [-0.15, -0.1) is 10.2 Å². The Morgan fingerprint density at radius 1 is 1.24 bits per heavy atom. The molecule has 1 heterocycles. The molecule has 3 rings (SSSR count). The summed E-state index contributed by atoms with van der Waals surface area (Å²) >= 11 is 0. The van der Waals surface area contributed by atoms with E-state index in [0.29, 0.717) is 16.7 Å². The van der Waals surface area contributed by atoms with Gasteiger partial charge >= 0.3 is 0 Å². The second-order valence-electron chi connectivity index (χ2n) is 5.01. The molecule has 1 aromatic heterocycles. The molecule has 9 nitrogen and oxygen atoms in total. The molecule has 0 unspecified atom stereocenters. The van der Waals surface area contributed by atoms with Crippen LogP contribution < -0.4 is 4.74 Å². The number of carbonyl (C=O) groups is 1. The molecular weight excluding hydrogens is 328 g/mol. The lowest BCUT2D eigenvalue weighted by Crippen LogP contribution is -1.94. The van der Waals surface area contributed by atoms with Crippen molar-refractivity contribution in [1.82, 2.24) is 4.98 Å². The van der Waals surface area contributed by atoms with Crippen LogP contribution in [0.25, 0.3) is 10.9 Å². The number of methoxy groups -OCH3 is 1. The fourth-order valence-electron chi connectivity index (χ4n) is 2.31. The van der Waals surface area contributed by atoms with Crippen molar-refractivity contribution < 1.29 is 19.6 Å². The second-order valence-corrected chi connectivity index (χ2v) is 5.01. The first-order chi connectivity index (χ1) is 12.0. The maximum absolute atomic E-state index is 12.0. The van der Waals surface area contributed by atoms with E-state index >= 15 is 0 Å². The van der Waals surface area contributed by atoms with E-state index in [1.54, 1.807) is 18.2 Å². The van der Waals surface area contributed by atoms with Gasteiger partial charge in [0.1, 0.15) is 5.75 Å². The summed E-state index contributed by atoms with van der Waals surface area (Å²) in [5, 5.41) is 28.5. The summed E-state index contributed by atoms with van der Waals surface area (Å²) < 4.78 is 5.18. The highest BCUT2D eigenvalue weighted by molar-refractivity contribution is 5.99. The number of nitro benzene ring substituents is 1. The summed E-state index contributed by atoms with van der Waals surface area (Å²) in [5.74, 6) is -0.428. The van der Waals surface area contributed by atoms with Crippen molar-refractivity contribution in [3.63, 3.8) is 0 Å². The first kappa shape index (κ1) is 16.1. The van der Waals surface area contributed by atoms with Gasteiger partial charge in [-0.1, -0.05) is 12.1 Å². The monoisotopic (exact) mass is 340 g/mol. The summed E-state index contributed by atoms with van der Waals surface area (Å²) in [6.07, 6.45) is 0. The standard InChI is InChI=1S/C16H12N4O5/c1-25-12-4-2-3-11-13(12)17-16(22)14(11)18-19-15(21)9-5-7-10(8-6-9)20(23)24/h2-8,17,22H,1H3. The van der Waals surface area contributed by atoms with Crippen LogP contribution in [0.15, 0.2) is 52.7 Å². The van der Waals surface area contributed by atoms with Crippen molar-refractivity contribution in [3.05, 3.63) is 58.1 Å². The van der Waals surface area contributed by atoms with Crippen molar-refractivity contribution in [1.29, 1.82) is 0 Å². The fraction of sp³-hybridized carbons (Fsp3) is 0.0625. The van der Waals surface area contributed by atoms with Crippen molar-refractivity contribution in [3.8, 4) is 11.6 Å². The van der Waals surface area contributed by atoms with Crippen molar-refractivity contribution in [2.75, 3.05) is 7.11 Å². The smallest absolute Gasteiger partial charge is 0.295 e. The number of aromatic hydroxyl groups is 1. The van der Waals surface area contributed by atoms with Crippen LogP contribution in [0.1, 0.15) is 10.4 Å². The molecule has 0 aliphatic carbocycles. The van der Waals surface area contributed by atoms with Gasteiger partial charge in [0.25, 0.3) is 11.6 Å². The van der Waals surface area contributed by atoms with Crippen LogP contribution in [-0.4, -0.2) is 28.0 Å². The molecule has 9 heteroatoms. The number of para-hydroxylation sites is 1. The summed E-state index contributed by atoms with van der Waals surface area (Å²) in [5.41, 5.74) is 0.643. The van der Waals surface area contributed by atoms with Gasteiger partial charge in [0.15, 0.2) is 5.69 Å². The van der Waals surface area contributed by atoms with E-state index in [0.717, 1.165) is 0 Å². The number of rotatable bonds is 4. The largest absolute Gasteiger partial charge is 0.495 e. The fourth-order valence-corrected chi connectivity index (χ4v) is 2.31. The lowest BCUT2D eigenvalue weighted by atomic mass is 10.2. The van der Waals surface area contributed by atoms with Crippen LogP contribution in [0.4, 0.5) is 11.4 Å². The Kier molecular flexibility index (Phi) is 4.12. The maximum atomic E-state index is 12.0. The Bertz CT molecular complexity index is 992. The minimum atomic E-state index is -0.688. The van der Waals surface area contributed by atoms with Crippen LogP contribution in [0.5, 0.6) is 11.6 Å². The van der Waals surface area contributed by atoms with Crippen LogP contribution in [-0.2, 0) is 0 Å². The number of azo groups is 1. The van der Waals surface area contributed by atoms with Gasteiger partial charge < -0.3 is 14.8 Å². The van der Waals surface area contributed by atoms with Gasteiger partial charge in [-0.05, 0) is 18.2 Å². The van der Waals surface area contributed by atoms with Crippen LogP contribution in [0.2, 0.25) is 0 Å². The maximum Gasteiger partial charge on any atom is 0.295 e. The second kappa shape index (κ2) is 6.40. The first-order valence-electron chi connectivity index (χ1n) is 7.09. The summed E-state index contributed by atoms with van der Waals surface area (Å²) in [7, 11) is 1.49. The number of amides is 1. The number of ether oxygens (including phenoxy) is 1. The quantitative estimate of drug-likeness (QED) is 0.424. The molecular formula is C16H12N4O5. The zero-order chi connectivity index (χ0) is 18.0. The molecule has 0 spiro atoms. The van der Waals surface area contributed by atoms with Crippen molar-refractivity contribution in [2.45, 2.75) is 0 Å². The number of non-ortho nitro benzene ring substituents is 1. The Hall–Kier alpha value is -3.75. The third kappa shape index (κ3) is 3.02. The van der Waals surface area contributed by atoms with E-state index in [-0.39, 0.29) is 22.8 Å². The topological polar surface area (TPSA) is 130 Å². The lowest BCUT2D eigenvalue weighted by Gasteiger charge is -1.99. The van der Waals surface area contributed by atoms with Gasteiger partial charge in [0, 0.05) is 23.1 Å². The number of H-pyrrole nitrogens is 1. The third-order valence-electron chi connectivity index (χ3n) is 3.53. The van der Waals surface area contributed by atoms with E-state index in [4.69, 9.17) is 4.74 Å². The average molecular weight is 340 g/mol. The molecule has 2 aromatic carbocycles. The van der Waals surface area contributed by atoms with Crippen LogP contribution in [0.3, 0.4) is 0 Å². The molecule has 0 aliphatic heterocycles. The number of hydrogen-bond acceptors (Lipinski definition) is 6. The predicted octanol–water partition coefficient (Wildman–Crippen LogP) is 3.71. The van der Waals surface area contributed by atoms with Gasteiger partial charge in [-0.2, -0.15) is 0 Å². The Morgan fingerprint density at radius 3 is 2.60 bits per heavy atom. The molecule has 0 fully saturated rings. The highest BCUT2D eigenvalue weighted by atomic mass is 16.6. The molecule has 3 aromatic rings. The van der Waals surface area contributed by atoms with E-state index in [9.17, 15) is 20.0 Å². The number of aromatic nitrogens is 1. The highest BCUT2D eigenvalue weighted by Crippen LogP contribution is 2.39. The Balaban J connectivity index is 1.91. The highest BCUT2D eigenvalue weighted by Gasteiger charge is 2.15. The molecule has 0 bridgehead atoms. The number of nitrogens with one attached hydrogen (secondary N) is 1. The molecule has 1 amide bonds. The van der Waals surface area contributed by atoms with E-state index in [1.165, 1.54) is 31.4 Å². The summed E-state index contributed by atoms with van der Waals surface area (Å²) in [6.45, 7) is 0. The molecule has 0 aliphatic rings. The minimum Gasteiger partial charge on any atom is -0.495 e. The number of aromatic amines is 1. The Labute approximate surface area is 140 Å².